The maximum Gasteiger partial charge on any atom is 0.416 e. The molecule has 0 aliphatic heterocycles. The number of alkyl halides is 3. The highest BCUT2D eigenvalue weighted by Crippen LogP contribution is 2.31. The third kappa shape index (κ3) is 6.02. The summed E-state index contributed by atoms with van der Waals surface area (Å²) < 4.78 is 40.7. The van der Waals surface area contributed by atoms with Crippen molar-refractivity contribution in [3.8, 4) is 11.4 Å². The predicted molar refractivity (Wildman–Crippen MR) is 124 cm³/mol. The number of nitrogens with zero attached hydrogens (tertiary/aromatic N) is 4. The van der Waals surface area contributed by atoms with Crippen LogP contribution < -0.4 is 5.32 Å². The van der Waals surface area contributed by atoms with E-state index in [-0.39, 0.29) is 11.4 Å². The van der Waals surface area contributed by atoms with Crippen LogP contribution in [0, 0.1) is 0 Å². The van der Waals surface area contributed by atoms with Gasteiger partial charge in [-0.3, -0.25) is 9.78 Å². The number of amides is 1. The van der Waals surface area contributed by atoms with Gasteiger partial charge in [-0.05, 0) is 42.3 Å². The number of nitrogens with one attached hydrogen (secondary N) is 1. The first kappa shape index (κ1) is 23.5. The van der Waals surface area contributed by atoms with E-state index in [9.17, 15) is 18.0 Å². The SMILES string of the molecule is O=C(CSc1nnc(-c2cccnc2)n1CCc1ccccc1)Nc1cccc(C(F)(F)F)c1. The lowest BCUT2D eigenvalue weighted by molar-refractivity contribution is -0.137. The highest BCUT2D eigenvalue weighted by Gasteiger charge is 2.30. The monoisotopic (exact) mass is 483 g/mol. The van der Waals surface area contributed by atoms with Crippen molar-refractivity contribution in [3.05, 3.63) is 90.3 Å². The van der Waals surface area contributed by atoms with Crippen LogP contribution in [0.4, 0.5) is 18.9 Å². The molecule has 1 N–H and O–H groups in total. The Balaban J connectivity index is 1.48. The summed E-state index contributed by atoms with van der Waals surface area (Å²) in [5.41, 5.74) is 1.21. The van der Waals surface area contributed by atoms with Gasteiger partial charge in [0.25, 0.3) is 0 Å². The summed E-state index contributed by atoms with van der Waals surface area (Å²) in [7, 11) is 0. The fraction of sp³-hybridized carbons (Fsp3) is 0.167. The minimum absolute atomic E-state index is 0.0350. The van der Waals surface area contributed by atoms with Gasteiger partial charge in [-0.15, -0.1) is 10.2 Å². The van der Waals surface area contributed by atoms with Gasteiger partial charge in [0.1, 0.15) is 0 Å². The molecular formula is C24H20F3N5OS. The quantitative estimate of drug-likeness (QED) is 0.343. The number of carbonyl (C=O) groups excluding carboxylic acids is 1. The van der Waals surface area contributed by atoms with Gasteiger partial charge in [-0.1, -0.05) is 48.2 Å². The van der Waals surface area contributed by atoms with Crippen molar-refractivity contribution in [2.75, 3.05) is 11.1 Å². The lowest BCUT2D eigenvalue weighted by atomic mass is 10.1. The van der Waals surface area contributed by atoms with Crippen LogP contribution in [0.2, 0.25) is 0 Å². The van der Waals surface area contributed by atoms with Crippen LogP contribution in [0.25, 0.3) is 11.4 Å². The van der Waals surface area contributed by atoms with E-state index in [1.54, 1.807) is 18.5 Å². The fourth-order valence-corrected chi connectivity index (χ4v) is 4.06. The largest absolute Gasteiger partial charge is 0.416 e. The lowest BCUT2D eigenvalue weighted by Crippen LogP contribution is -2.15. The molecule has 0 aliphatic carbocycles. The molecule has 2 aromatic heterocycles. The predicted octanol–water partition coefficient (Wildman–Crippen LogP) is 5.33. The van der Waals surface area contributed by atoms with Gasteiger partial charge in [0.15, 0.2) is 11.0 Å². The maximum atomic E-state index is 12.9. The van der Waals surface area contributed by atoms with Crippen LogP contribution in [0.15, 0.2) is 84.3 Å². The molecule has 6 nitrogen and oxygen atoms in total. The molecule has 10 heteroatoms. The molecule has 174 valence electrons. The third-order valence-corrected chi connectivity index (χ3v) is 5.88. The van der Waals surface area contributed by atoms with Crippen molar-refractivity contribution in [2.45, 2.75) is 24.3 Å². The minimum Gasteiger partial charge on any atom is -0.325 e. The van der Waals surface area contributed by atoms with Gasteiger partial charge in [0, 0.05) is 30.2 Å². The summed E-state index contributed by atoms with van der Waals surface area (Å²) in [6.07, 6.45) is -0.386. The first-order valence-electron chi connectivity index (χ1n) is 10.4. The Morgan fingerprint density at radius 2 is 1.82 bits per heavy atom. The zero-order valence-electron chi connectivity index (χ0n) is 17.9. The van der Waals surface area contributed by atoms with E-state index in [1.165, 1.54) is 23.9 Å². The summed E-state index contributed by atoms with van der Waals surface area (Å²) in [6.45, 7) is 0.582. The number of carbonyl (C=O) groups is 1. The lowest BCUT2D eigenvalue weighted by Gasteiger charge is -2.11. The van der Waals surface area contributed by atoms with Gasteiger partial charge in [-0.25, -0.2) is 0 Å². The van der Waals surface area contributed by atoms with Crippen molar-refractivity contribution >= 4 is 23.4 Å². The van der Waals surface area contributed by atoms with Gasteiger partial charge >= 0.3 is 6.18 Å². The smallest absolute Gasteiger partial charge is 0.325 e. The summed E-state index contributed by atoms with van der Waals surface area (Å²) in [5, 5.41) is 11.6. The first-order chi connectivity index (χ1) is 16.4. The van der Waals surface area contributed by atoms with Crippen LogP contribution in [0.5, 0.6) is 0 Å². The summed E-state index contributed by atoms with van der Waals surface area (Å²) in [6, 6.07) is 18.2. The molecule has 0 saturated carbocycles. The van der Waals surface area contributed by atoms with Gasteiger partial charge in [0.05, 0.1) is 11.3 Å². The average molecular weight is 484 g/mol. The van der Waals surface area contributed by atoms with E-state index in [4.69, 9.17) is 0 Å². The second kappa shape index (κ2) is 10.5. The van der Waals surface area contributed by atoms with E-state index in [0.717, 1.165) is 29.7 Å². The number of benzene rings is 2. The number of hydrogen-bond donors (Lipinski definition) is 1. The topological polar surface area (TPSA) is 72.7 Å². The molecule has 0 atom stereocenters. The molecular weight excluding hydrogens is 463 g/mol. The standard InChI is InChI=1S/C24H20F3N5OS/c25-24(26,27)19-9-4-10-20(14-19)29-21(33)16-34-23-31-30-22(18-8-5-12-28-15-18)32(23)13-11-17-6-2-1-3-7-17/h1-10,12,14-15H,11,13,16H2,(H,29,33). The second-order valence-corrected chi connectivity index (χ2v) is 8.29. The van der Waals surface area contributed by atoms with Crippen LogP contribution in [-0.4, -0.2) is 31.4 Å². The van der Waals surface area contributed by atoms with Crippen LogP contribution >= 0.6 is 11.8 Å². The Bertz CT molecular complexity index is 1250. The number of rotatable bonds is 8. The van der Waals surface area contributed by atoms with Gasteiger partial charge in [0.2, 0.25) is 5.91 Å². The molecule has 0 radical (unpaired) electrons. The van der Waals surface area contributed by atoms with E-state index >= 15 is 0 Å². The van der Waals surface area contributed by atoms with Crippen molar-refractivity contribution in [1.82, 2.24) is 19.7 Å². The molecule has 0 aliphatic rings. The van der Waals surface area contributed by atoms with Gasteiger partial charge < -0.3 is 9.88 Å². The highest BCUT2D eigenvalue weighted by molar-refractivity contribution is 7.99. The number of hydrogen-bond acceptors (Lipinski definition) is 5. The van der Waals surface area contributed by atoms with Crippen molar-refractivity contribution in [1.29, 1.82) is 0 Å². The fourth-order valence-electron chi connectivity index (χ4n) is 3.29. The summed E-state index contributed by atoms with van der Waals surface area (Å²) >= 11 is 1.17. The van der Waals surface area contributed by atoms with Crippen molar-refractivity contribution < 1.29 is 18.0 Å². The van der Waals surface area contributed by atoms with Crippen LogP contribution in [-0.2, 0) is 23.9 Å². The third-order valence-electron chi connectivity index (χ3n) is 4.91. The Kier molecular flexibility index (Phi) is 7.27. The maximum absolute atomic E-state index is 12.9. The second-order valence-electron chi connectivity index (χ2n) is 7.35. The molecule has 4 rings (SSSR count). The average Bonchev–Trinajstić information content (AvgIpc) is 3.25. The normalized spacial score (nSPS) is 11.4. The van der Waals surface area contributed by atoms with E-state index < -0.39 is 17.6 Å². The number of aromatic nitrogens is 4. The van der Waals surface area contributed by atoms with Crippen molar-refractivity contribution in [3.63, 3.8) is 0 Å². The first-order valence-corrected chi connectivity index (χ1v) is 11.4. The minimum atomic E-state index is -4.48. The molecule has 2 aromatic carbocycles. The molecule has 34 heavy (non-hydrogen) atoms. The number of pyridine rings is 1. The Hall–Kier alpha value is -3.66. The van der Waals surface area contributed by atoms with Gasteiger partial charge in [-0.2, -0.15) is 13.2 Å². The molecule has 0 unspecified atom stereocenters. The number of aryl methyl sites for hydroxylation is 1. The Morgan fingerprint density at radius 1 is 1.00 bits per heavy atom. The summed E-state index contributed by atoms with van der Waals surface area (Å²) in [4.78, 5) is 16.6. The number of halogens is 3. The zero-order valence-corrected chi connectivity index (χ0v) is 18.7. The molecule has 4 aromatic rings. The number of thioether (sulfide) groups is 1. The molecule has 0 fully saturated rings. The molecule has 0 spiro atoms. The van der Waals surface area contributed by atoms with E-state index in [1.807, 2.05) is 41.0 Å². The molecule has 2 heterocycles. The summed E-state index contributed by atoms with van der Waals surface area (Å²) in [5.74, 6) is 0.155. The van der Waals surface area contributed by atoms with Crippen LogP contribution in [0.1, 0.15) is 11.1 Å². The molecule has 0 bridgehead atoms. The Morgan fingerprint density at radius 3 is 2.56 bits per heavy atom. The highest BCUT2D eigenvalue weighted by atomic mass is 32.2. The zero-order chi connectivity index (χ0) is 24.0. The molecule has 0 saturated heterocycles. The van der Waals surface area contributed by atoms with E-state index in [2.05, 4.69) is 20.5 Å². The van der Waals surface area contributed by atoms with Crippen LogP contribution in [0.3, 0.4) is 0 Å². The van der Waals surface area contributed by atoms with E-state index in [0.29, 0.717) is 17.5 Å². The molecule has 1 amide bonds. The van der Waals surface area contributed by atoms with Crippen molar-refractivity contribution in [2.24, 2.45) is 0 Å². The Labute approximate surface area is 198 Å². The number of anilines is 1.